The minimum atomic E-state index is -2.75. The van der Waals surface area contributed by atoms with Gasteiger partial charge in [0.1, 0.15) is 5.84 Å². The summed E-state index contributed by atoms with van der Waals surface area (Å²) < 4.78 is 28.8. The van der Waals surface area contributed by atoms with Crippen LogP contribution in [0.3, 0.4) is 0 Å². The lowest BCUT2D eigenvalue weighted by atomic mass is 9.91. The predicted molar refractivity (Wildman–Crippen MR) is 177 cm³/mol. The van der Waals surface area contributed by atoms with E-state index in [0.717, 1.165) is 62.7 Å². The van der Waals surface area contributed by atoms with Crippen molar-refractivity contribution in [2.45, 2.75) is 70.8 Å². The lowest BCUT2D eigenvalue weighted by Crippen LogP contribution is -2.48. The number of amides is 2. The first-order valence-corrected chi connectivity index (χ1v) is 16.6. The van der Waals surface area contributed by atoms with E-state index < -0.39 is 6.43 Å². The Morgan fingerprint density at radius 2 is 1.80 bits per heavy atom. The maximum absolute atomic E-state index is 14.4. The standard InChI is InChI=1S/C34H48F2N8O2/c1-22(45)43-15-9-30(41-26-7-13-42(14-8-26)32(46)16-23-5-10-40-11-6-23)29(21-43)34(38)44-12-3-4-24-17-27(25(19-37)20-39-2)28(33(35)36)18-31(24)44/h17-20,23,26,33,37-41H,3-16,21H2,1-2H3/b25-20+,37-19?,38-34?. The molecule has 0 radical (unpaired) electrons. The lowest BCUT2D eigenvalue weighted by molar-refractivity contribution is -0.133. The van der Waals surface area contributed by atoms with Crippen LogP contribution in [0.2, 0.25) is 0 Å². The van der Waals surface area contributed by atoms with Crippen molar-refractivity contribution in [3.8, 4) is 0 Å². The number of aryl methyl sites for hydroxylation is 1. The molecular weight excluding hydrogens is 590 g/mol. The summed E-state index contributed by atoms with van der Waals surface area (Å²) in [7, 11) is 1.67. The highest BCUT2D eigenvalue weighted by atomic mass is 19.3. The van der Waals surface area contributed by atoms with Gasteiger partial charge < -0.3 is 36.1 Å². The number of carbonyl (C=O) groups is 2. The zero-order valence-corrected chi connectivity index (χ0v) is 27.1. The van der Waals surface area contributed by atoms with E-state index in [0.29, 0.717) is 73.8 Å². The summed E-state index contributed by atoms with van der Waals surface area (Å²) in [5.41, 5.74) is 3.57. The fourth-order valence-corrected chi connectivity index (χ4v) is 7.22. The largest absolute Gasteiger partial charge is 0.393 e. The molecule has 12 heteroatoms. The summed E-state index contributed by atoms with van der Waals surface area (Å²) in [4.78, 5) is 31.0. The van der Waals surface area contributed by atoms with Crippen LogP contribution in [0, 0.1) is 16.7 Å². The number of benzene rings is 1. The minimum absolute atomic E-state index is 0.0657. The van der Waals surface area contributed by atoms with Crippen LogP contribution in [-0.4, -0.2) is 92.6 Å². The van der Waals surface area contributed by atoms with E-state index in [1.807, 2.05) is 9.80 Å². The molecule has 4 heterocycles. The summed E-state index contributed by atoms with van der Waals surface area (Å²) >= 11 is 0. The molecule has 0 spiro atoms. The highest BCUT2D eigenvalue weighted by Crippen LogP contribution is 2.38. The number of nitrogens with one attached hydrogen (secondary N) is 5. The number of anilines is 1. The molecule has 1 aromatic carbocycles. The molecule has 4 aliphatic heterocycles. The number of likely N-dealkylation sites (tertiary alicyclic amines) is 1. The normalized spacial score (nSPS) is 20.1. The fraction of sp³-hybridized carbons (Fsp3) is 0.588. The molecule has 2 saturated heterocycles. The molecule has 10 nitrogen and oxygen atoms in total. The Balaban J connectivity index is 1.36. The van der Waals surface area contributed by atoms with Gasteiger partial charge in [0.2, 0.25) is 11.8 Å². The van der Waals surface area contributed by atoms with E-state index in [-0.39, 0.29) is 35.8 Å². The summed E-state index contributed by atoms with van der Waals surface area (Å²) in [5.74, 6) is 0.853. The molecule has 4 aliphatic rings. The number of halogens is 2. The van der Waals surface area contributed by atoms with Gasteiger partial charge in [-0.05, 0) is 80.8 Å². The van der Waals surface area contributed by atoms with Crippen molar-refractivity contribution < 1.29 is 18.4 Å². The third-order valence-corrected chi connectivity index (χ3v) is 9.86. The monoisotopic (exact) mass is 638 g/mol. The highest BCUT2D eigenvalue weighted by Gasteiger charge is 2.32. The van der Waals surface area contributed by atoms with Crippen molar-refractivity contribution >= 4 is 35.1 Å². The number of hydrogen-bond donors (Lipinski definition) is 5. The molecule has 46 heavy (non-hydrogen) atoms. The Hall–Kier alpha value is -3.80. The van der Waals surface area contributed by atoms with E-state index in [9.17, 15) is 23.8 Å². The number of carbonyl (C=O) groups excluding carboxylic acids is 2. The number of rotatable bonds is 9. The molecule has 1 aromatic rings. The smallest absolute Gasteiger partial charge is 0.264 e. The summed E-state index contributed by atoms with van der Waals surface area (Å²) in [6, 6.07) is 3.36. The molecule has 0 unspecified atom stereocenters. The number of piperidine rings is 2. The molecule has 0 aromatic heterocycles. The van der Waals surface area contributed by atoms with Crippen molar-refractivity contribution in [2.24, 2.45) is 5.92 Å². The van der Waals surface area contributed by atoms with Crippen LogP contribution >= 0.6 is 0 Å². The minimum Gasteiger partial charge on any atom is -0.393 e. The van der Waals surface area contributed by atoms with Crippen molar-refractivity contribution in [1.29, 1.82) is 10.8 Å². The van der Waals surface area contributed by atoms with Gasteiger partial charge in [0.05, 0.1) is 6.54 Å². The first-order valence-electron chi connectivity index (χ1n) is 16.6. The average molecular weight is 639 g/mol. The highest BCUT2D eigenvalue weighted by molar-refractivity contribution is 6.11. The molecule has 2 fully saturated rings. The van der Waals surface area contributed by atoms with Gasteiger partial charge in [-0.25, -0.2) is 8.78 Å². The van der Waals surface area contributed by atoms with E-state index in [1.165, 1.54) is 13.0 Å². The third kappa shape index (κ3) is 7.59. The molecule has 0 atom stereocenters. The fourth-order valence-electron chi connectivity index (χ4n) is 7.22. The van der Waals surface area contributed by atoms with Crippen LogP contribution in [0.4, 0.5) is 14.5 Å². The number of hydrogen-bond acceptors (Lipinski definition) is 7. The molecule has 0 aliphatic carbocycles. The van der Waals surface area contributed by atoms with E-state index in [4.69, 9.17) is 5.41 Å². The summed E-state index contributed by atoms with van der Waals surface area (Å²) in [6.07, 6.45) is 6.19. The topological polar surface area (TPSA) is 128 Å². The van der Waals surface area contributed by atoms with Crippen LogP contribution in [0.25, 0.3) is 5.57 Å². The first kappa shape index (κ1) is 33.6. The van der Waals surface area contributed by atoms with Crippen molar-refractivity contribution in [1.82, 2.24) is 25.8 Å². The first-order chi connectivity index (χ1) is 22.2. The zero-order valence-electron chi connectivity index (χ0n) is 27.1. The number of alkyl halides is 2. The summed E-state index contributed by atoms with van der Waals surface area (Å²) in [5, 5.41) is 27.1. The molecule has 0 bridgehead atoms. The Morgan fingerprint density at radius 3 is 2.46 bits per heavy atom. The maximum atomic E-state index is 14.4. The average Bonchev–Trinajstić information content (AvgIpc) is 3.06. The number of fused-ring (bicyclic) bond motifs is 1. The number of allylic oxidation sites excluding steroid dienone is 1. The number of amidine groups is 1. The molecule has 5 rings (SSSR count). The van der Waals surface area contributed by atoms with Crippen LogP contribution in [0.5, 0.6) is 0 Å². The molecular formula is C34H48F2N8O2. The molecule has 2 amide bonds. The third-order valence-electron chi connectivity index (χ3n) is 9.86. The van der Waals surface area contributed by atoms with Gasteiger partial charge in [-0.3, -0.25) is 15.0 Å². The van der Waals surface area contributed by atoms with E-state index in [1.54, 1.807) is 24.2 Å². The predicted octanol–water partition coefficient (Wildman–Crippen LogP) is 4.04. The molecule has 250 valence electrons. The van der Waals surface area contributed by atoms with Gasteiger partial charge in [0.15, 0.2) is 0 Å². The van der Waals surface area contributed by atoms with E-state index in [2.05, 4.69) is 16.0 Å². The van der Waals surface area contributed by atoms with Crippen molar-refractivity contribution in [2.75, 3.05) is 57.8 Å². The van der Waals surface area contributed by atoms with Gasteiger partial charge in [-0.2, -0.15) is 0 Å². The van der Waals surface area contributed by atoms with E-state index >= 15 is 0 Å². The van der Waals surface area contributed by atoms with Gasteiger partial charge in [0, 0.05) is 99.5 Å². The quantitative estimate of drug-likeness (QED) is 0.205. The second-order valence-corrected chi connectivity index (χ2v) is 12.8. The SMILES string of the molecule is CN/C=C(\C=N)c1cc2c(cc1C(F)F)N(C(=N)C1=C(NC3CCN(C(=O)CC4CCNCC4)CC3)CCN(C(C)=O)C1)CCC2. The second kappa shape index (κ2) is 15.2. The lowest BCUT2D eigenvalue weighted by Gasteiger charge is -2.39. The van der Waals surface area contributed by atoms with Crippen molar-refractivity contribution in [3.63, 3.8) is 0 Å². The maximum Gasteiger partial charge on any atom is 0.264 e. The molecule has 0 saturated carbocycles. The summed E-state index contributed by atoms with van der Waals surface area (Å²) in [6.45, 7) is 6.20. The Labute approximate surface area is 270 Å². The van der Waals surface area contributed by atoms with Gasteiger partial charge in [-0.15, -0.1) is 0 Å². The Morgan fingerprint density at radius 1 is 1.07 bits per heavy atom. The van der Waals surface area contributed by atoms with Gasteiger partial charge in [0.25, 0.3) is 6.43 Å². The molecule has 5 N–H and O–H groups in total. The van der Waals surface area contributed by atoms with Crippen LogP contribution in [0.1, 0.15) is 75.0 Å². The second-order valence-electron chi connectivity index (χ2n) is 12.8. The Bertz CT molecular complexity index is 1380. The van der Waals surface area contributed by atoms with Crippen LogP contribution in [0.15, 0.2) is 29.6 Å². The van der Waals surface area contributed by atoms with Gasteiger partial charge >= 0.3 is 0 Å². The van der Waals surface area contributed by atoms with Crippen LogP contribution < -0.4 is 20.9 Å². The Kier molecular flexibility index (Phi) is 11.1. The van der Waals surface area contributed by atoms with Gasteiger partial charge in [-0.1, -0.05) is 0 Å². The van der Waals surface area contributed by atoms with Crippen molar-refractivity contribution in [3.05, 3.63) is 46.3 Å². The van der Waals surface area contributed by atoms with Crippen LogP contribution in [-0.2, 0) is 16.0 Å². The number of nitrogens with zero attached hydrogens (tertiary/aromatic N) is 3. The zero-order chi connectivity index (χ0) is 32.8.